The molecule has 0 amide bonds. The first kappa shape index (κ1) is 7.30. The van der Waals surface area contributed by atoms with Crippen LogP contribution in [-0.4, -0.2) is 35.6 Å². The molecule has 3 aliphatic heterocycles. The Hall–Kier alpha value is -0.120. The van der Waals surface area contributed by atoms with Crippen LogP contribution in [0.5, 0.6) is 0 Å². The van der Waals surface area contributed by atoms with Gasteiger partial charge in [0, 0.05) is 0 Å². The second-order valence-electron chi connectivity index (χ2n) is 4.50. The zero-order chi connectivity index (χ0) is 8.40. The van der Waals surface area contributed by atoms with Crippen molar-refractivity contribution < 1.29 is 9.47 Å². The lowest BCUT2D eigenvalue weighted by Crippen LogP contribution is -2.47. The zero-order valence-corrected chi connectivity index (χ0v) is 7.67. The van der Waals surface area contributed by atoms with E-state index >= 15 is 0 Å². The number of hydrogen-bond donors (Lipinski definition) is 0. The summed E-state index contributed by atoms with van der Waals surface area (Å²) >= 11 is 0. The molecule has 3 nitrogen and oxygen atoms in total. The van der Waals surface area contributed by atoms with E-state index in [1.807, 2.05) is 0 Å². The third-order valence-electron chi connectivity index (χ3n) is 3.61. The second kappa shape index (κ2) is 1.86. The fourth-order valence-electron chi connectivity index (χ4n) is 3.01. The summed E-state index contributed by atoms with van der Waals surface area (Å²) in [5.41, 5.74) is -0.0359. The summed E-state index contributed by atoms with van der Waals surface area (Å²) in [4.78, 5) is 2.43. The number of hydrogen-bond acceptors (Lipinski definition) is 3. The molecule has 3 aliphatic rings. The van der Waals surface area contributed by atoms with Crippen LogP contribution in [0.2, 0.25) is 0 Å². The monoisotopic (exact) mass is 169 g/mol. The first-order valence-corrected chi connectivity index (χ1v) is 4.71. The van der Waals surface area contributed by atoms with E-state index in [1.54, 1.807) is 0 Å². The third kappa shape index (κ3) is 0.640. The molecule has 0 aromatic rings. The van der Waals surface area contributed by atoms with Crippen LogP contribution in [0.3, 0.4) is 0 Å². The van der Waals surface area contributed by atoms with Gasteiger partial charge in [-0.05, 0) is 26.7 Å². The van der Waals surface area contributed by atoms with Crippen molar-refractivity contribution in [3.63, 3.8) is 0 Å². The SMILES string of the molecule is CC12CCC3(C)OCC(CO1)N23. The highest BCUT2D eigenvalue weighted by Gasteiger charge is 2.61. The molecule has 68 valence electrons. The molecule has 3 saturated heterocycles. The van der Waals surface area contributed by atoms with E-state index in [0.717, 1.165) is 26.1 Å². The Labute approximate surface area is 72.6 Å². The van der Waals surface area contributed by atoms with Crippen LogP contribution in [0.25, 0.3) is 0 Å². The maximum atomic E-state index is 5.81. The summed E-state index contributed by atoms with van der Waals surface area (Å²) in [5.74, 6) is 0. The van der Waals surface area contributed by atoms with Crippen molar-refractivity contribution in [1.29, 1.82) is 0 Å². The van der Waals surface area contributed by atoms with Crippen molar-refractivity contribution >= 4 is 0 Å². The number of rotatable bonds is 0. The van der Waals surface area contributed by atoms with Gasteiger partial charge in [-0.3, -0.25) is 0 Å². The molecule has 3 fully saturated rings. The van der Waals surface area contributed by atoms with Gasteiger partial charge in [-0.1, -0.05) is 0 Å². The van der Waals surface area contributed by atoms with Gasteiger partial charge in [-0.2, -0.15) is 0 Å². The molecule has 12 heavy (non-hydrogen) atoms. The van der Waals surface area contributed by atoms with E-state index in [-0.39, 0.29) is 11.4 Å². The number of ether oxygens (including phenoxy) is 2. The molecule has 0 bridgehead atoms. The Morgan fingerprint density at radius 1 is 1.08 bits per heavy atom. The first-order chi connectivity index (χ1) is 5.64. The Bertz CT molecular complexity index is 211. The predicted octanol–water partition coefficient (Wildman–Crippen LogP) is 0.944. The molecule has 3 heteroatoms. The Morgan fingerprint density at radius 3 is 2.08 bits per heavy atom. The van der Waals surface area contributed by atoms with Gasteiger partial charge in [-0.15, -0.1) is 0 Å². The lowest BCUT2D eigenvalue weighted by atomic mass is 10.1. The highest BCUT2D eigenvalue weighted by molar-refractivity contribution is 5.05. The molecule has 2 atom stereocenters. The van der Waals surface area contributed by atoms with Crippen LogP contribution in [-0.2, 0) is 9.47 Å². The van der Waals surface area contributed by atoms with Gasteiger partial charge >= 0.3 is 0 Å². The van der Waals surface area contributed by atoms with Crippen molar-refractivity contribution in [2.24, 2.45) is 0 Å². The highest BCUT2D eigenvalue weighted by atomic mass is 16.6. The summed E-state index contributed by atoms with van der Waals surface area (Å²) in [5, 5.41) is 0. The normalized spacial score (nSPS) is 58.0. The minimum atomic E-state index is -0.0179. The summed E-state index contributed by atoms with van der Waals surface area (Å²) in [6.07, 6.45) is 2.22. The van der Waals surface area contributed by atoms with E-state index in [9.17, 15) is 0 Å². The molecule has 0 aliphatic carbocycles. The van der Waals surface area contributed by atoms with Crippen LogP contribution in [0.4, 0.5) is 0 Å². The van der Waals surface area contributed by atoms with Gasteiger partial charge in [0.1, 0.15) is 11.4 Å². The molecule has 0 saturated carbocycles. The predicted molar refractivity (Wildman–Crippen MR) is 43.6 cm³/mol. The summed E-state index contributed by atoms with van der Waals surface area (Å²) in [7, 11) is 0. The van der Waals surface area contributed by atoms with Crippen molar-refractivity contribution in [1.82, 2.24) is 4.90 Å². The fourth-order valence-corrected chi connectivity index (χ4v) is 3.01. The van der Waals surface area contributed by atoms with Gasteiger partial charge in [0.05, 0.1) is 19.3 Å². The van der Waals surface area contributed by atoms with E-state index in [0.29, 0.717) is 6.04 Å². The molecule has 3 heterocycles. The molecule has 3 rings (SSSR count). The van der Waals surface area contributed by atoms with Crippen molar-refractivity contribution in [2.45, 2.75) is 44.2 Å². The van der Waals surface area contributed by atoms with Crippen molar-refractivity contribution in [3.05, 3.63) is 0 Å². The van der Waals surface area contributed by atoms with E-state index < -0.39 is 0 Å². The molecule has 0 spiro atoms. The quantitative estimate of drug-likeness (QED) is 0.538. The van der Waals surface area contributed by atoms with Crippen molar-refractivity contribution in [3.8, 4) is 0 Å². The minimum Gasteiger partial charge on any atom is -0.359 e. The lowest BCUT2D eigenvalue weighted by Gasteiger charge is -2.32. The second-order valence-corrected chi connectivity index (χ2v) is 4.50. The zero-order valence-electron chi connectivity index (χ0n) is 7.67. The Balaban J connectivity index is 2.05. The van der Waals surface area contributed by atoms with Gasteiger partial charge < -0.3 is 9.47 Å². The van der Waals surface area contributed by atoms with Gasteiger partial charge in [0.2, 0.25) is 0 Å². The average Bonchev–Trinajstić information content (AvgIpc) is 2.58. The summed E-state index contributed by atoms with van der Waals surface area (Å²) < 4.78 is 11.6. The molecule has 0 aromatic heterocycles. The fraction of sp³-hybridized carbons (Fsp3) is 1.00. The van der Waals surface area contributed by atoms with Gasteiger partial charge in [0.15, 0.2) is 0 Å². The summed E-state index contributed by atoms with van der Waals surface area (Å²) in [6.45, 7) is 6.08. The molecule has 0 aromatic carbocycles. The minimum absolute atomic E-state index is 0.0179. The van der Waals surface area contributed by atoms with Crippen molar-refractivity contribution in [2.75, 3.05) is 13.2 Å². The van der Waals surface area contributed by atoms with Gasteiger partial charge in [0.25, 0.3) is 0 Å². The van der Waals surface area contributed by atoms with Crippen LogP contribution < -0.4 is 0 Å². The van der Waals surface area contributed by atoms with E-state index in [1.165, 1.54) is 0 Å². The number of nitrogens with zero attached hydrogens (tertiary/aromatic N) is 1. The average molecular weight is 169 g/mol. The third-order valence-corrected chi connectivity index (χ3v) is 3.61. The summed E-state index contributed by atoms with van der Waals surface area (Å²) in [6, 6.07) is 0.516. The highest BCUT2D eigenvalue weighted by Crippen LogP contribution is 2.50. The standard InChI is InChI=1S/C9H15NO2/c1-8-3-4-9(2)10(8)7(5-11-8)6-12-9/h7H,3-6H2,1-2H3. The van der Waals surface area contributed by atoms with Crippen LogP contribution in [0, 0.1) is 0 Å². The smallest absolute Gasteiger partial charge is 0.121 e. The molecule has 0 radical (unpaired) electrons. The molecular weight excluding hydrogens is 154 g/mol. The Kier molecular flexibility index (Phi) is 1.13. The Morgan fingerprint density at radius 2 is 1.58 bits per heavy atom. The van der Waals surface area contributed by atoms with Gasteiger partial charge in [-0.25, -0.2) is 4.90 Å². The maximum absolute atomic E-state index is 5.81. The van der Waals surface area contributed by atoms with E-state index in [2.05, 4.69) is 18.7 Å². The van der Waals surface area contributed by atoms with E-state index in [4.69, 9.17) is 9.47 Å². The topological polar surface area (TPSA) is 21.7 Å². The lowest BCUT2D eigenvalue weighted by molar-refractivity contribution is -0.122. The van der Waals surface area contributed by atoms with Crippen LogP contribution in [0.15, 0.2) is 0 Å². The maximum Gasteiger partial charge on any atom is 0.121 e. The van der Waals surface area contributed by atoms with Crippen LogP contribution in [0.1, 0.15) is 26.7 Å². The largest absolute Gasteiger partial charge is 0.359 e. The molecule has 0 N–H and O–H groups in total. The molecule has 2 unspecified atom stereocenters. The first-order valence-electron chi connectivity index (χ1n) is 4.71. The molecular formula is C9H15NO2. The van der Waals surface area contributed by atoms with Crippen LogP contribution >= 0.6 is 0 Å².